The fourth-order valence-electron chi connectivity index (χ4n) is 4.60. The molecule has 0 aliphatic carbocycles. The van der Waals surface area contributed by atoms with E-state index >= 15 is 0 Å². The number of carbonyl (C=O) groups excluding carboxylic acids is 1. The average molecular weight is 543 g/mol. The van der Waals surface area contributed by atoms with E-state index in [1.54, 1.807) is 0 Å². The van der Waals surface area contributed by atoms with Crippen molar-refractivity contribution in [2.45, 2.75) is 46.0 Å². The zero-order chi connectivity index (χ0) is 28.9. The number of hydrogen-bond acceptors (Lipinski definition) is 3. The SMILES string of the molecule is C=CC(=O)OCCCOc1ccc(-c2ccc(-c3ccc(C#Cc4ccc(CCCCC)cc4)cc3)cc2C)cc1. The highest BCUT2D eigenvalue weighted by molar-refractivity contribution is 5.81. The van der Waals surface area contributed by atoms with Gasteiger partial charge < -0.3 is 9.47 Å². The summed E-state index contributed by atoms with van der Waals surface area (Å²) in [5, 5.41) is 0. The number of unbranched alkanes of at least 4 members (excludes halogenated alkanes) is 2. The van der Waals surface area contributed by atoms with Crippen molar-refractivity contribution in [2.75, 3.05) is 13.2 Å². The molecule has 0 fully saturated rings. The highest BCUT2D eigenvalue weighted by atomic mass is 16.5. The smallest absolute Gasteiger partial charge is 0.330 e. The summed E-state index contributed by atoms with van der Waals surface area (Å²) in [6.45, 7) is 8.56. The summed E-state index contributed by atoms with van der Waals surface area (Å²) in [6.07, 6.45) is 6.72. The Morgan fingerprint density at radius 3 is 2.02 bits per heavy atom. The van der Waals surface area contributed by atoms with Crippen molar-refractivity contribution in [3.05, 3.63) is 126 Å². The lowest BCUT2D eigenvalue weighted by Gasteiger charge is -2.11. The van der Waals surface area contributed by atoms with Gasteiger partial charge in [-0.25, -0.2) is 4.79 Å². The maximum Gasteiger partial charge on any atom is 0.330 e. The number of ether oxygens (including phenoxy) is 2. The molecule has 0 spiro atoms. The van der Waals surface area contributed by atoms with Crippen LogP contribution < -0.4 is 4.74 Å². The summed E-state index contributed by atoms with van der Waals surface area (Å²) in [4.78, 5) is 11.1. The zero-order valence-corrected chi connectivity index (χ0v) is 24.1. The highest BCUT2D eigenvalue weighted by Gasteiger charge is 2.06. The van der Waals surface area contributed by atoms with Crippen LogP contribution in [0.1, 0.15) is 54.9 Å². The first-order chi connectivity index (χ1) is 20.1. The van der Waals surface area contributed by atoms with E-state index in [4.69, 9.17) is 9.47 Å². The lowest BCUT2D eigenvalue weighted by molar-refractivity contribution is -0.137. The molecule has 3 heteroatoms. The molecule has 0 aliphatic rings. The van der Waals surface area contributed by atoms with Gasteiger partial charge in [-0.3, -0.25) is 0 Å². The van der Waals surface area contributed by atoms with Gasteiger partial charge in [-0.15, -0.1) is 0 Å². The third kappa shape index (κ3) is 8.98. The van der Waals surface area contributed by atoms with Crippen LogP contribution >= 0.6 is 0 Å². The van der Waals surface area contributed by atoms with Gasteiger partial charge in [0.2, 0.25) is 0 Å². The molecular weight excluding hydrogens is 504 g/mol. The topological polar surface area (TPSA) is 35.5 Å². The van der Waals surface area contributed by atoms with Gasteiger partial charge in [0.1, 0.15) is 5.75 Å². The third-order valence-electron chi connectivity index (χ3n) is 6.95. The van der Waals surface area contributed by atoms with E-state index in [0.29, 0.717) is 19.6 Å². The average Bonchev–Trinajstić information content (AvgIpc) is 3.01. The largest absolute Gasteiger partial charge is 0.493 e. The Kier molecular flexibility index (Phi) is 11.0. The Bertz CT molecular complexity index is 1480. The second-order valence-corrected chi connectivity index (χ2v) is 10.1. The van der Waals surface area contributed by atoms with Crippen LogP contribution in [0.25, 0.3) is 22.3 Å². The minimum atomic E-state index is -0.410. The summed E-state index contributed by atoms with van der Waals surface area (Å²) >= 11 is 0. The van der Waals surface area contributed by atoms with Crippen LogP contribution in [-0.2, 0) is 16.0 Å². The standard InChI is InChI=1S/C38H38O3/c1-4-6-7-9-30-10-12-31(13-11-30)14-15-32-16-18-33(19-17-32)35-22-25-37(29(3)28-35)34-20-23-36(24-21-34)40-26-8-27-41-38(39)5-2/h5,10-13,16-25,28H,2,4,6-9,26-27H2,1,3H3. The van der Waals surface area contributed by atoms with Crippen LogP contribution in [0.5, 0.6) is 5.75 Å². The van der Waals surface area contributed by atoms with Crippen LogP contribution in [0.2, 0.25) is 0 Å². The molecule has 41 heavy (non-hydrogen) atoms. The van der Waals surface area contributed by atoms with E-state index in [0.717, 1.165) is 34.9 Å². The normalized spacial score (nSPS) is 10.4. The third-order valence-corrected chi connectivity index (χ3v) is 6.95. The molecule has 0 heterocycles. The van der Waals surface area contributed by atoms with Crippen molar-refractivity contribution in [3.8, 4) is 39.8 Å². The molecular formula is C38H38O3. The molecule has 0 atom stereocenters. The molecule has 0 bridgehead atoms. The van der Waals surface area contributed by atoms with Crippen molar-refractivity contribution in [2.24, 2.45) is 0 Å². The Balaban J connectivity index is 1.33. The molecule has 4 rings (SSSR count). The molecule has 208 valence electrons. The number of rotatable bonds is 12. The summed E-state index contributed by atoms with van der Waals surface area (Å²) in [5.41, 5.74) is 9.34. The molecule has 3 nitrogen and oxygen atoms in total. The minimum Gasteiger partial charge on any atom is -0.493 e. The molecule has 0 amide bonds. The van der Waals surface area contributed by atoms with Crippen LogP contribution in [0, 0.1) is 18.8 Å². The fourth-order valence-corrected chi connectivity index (χ4v) is 4.60. The highest BCUT2D eigenvalue weighted by Crippen LogP contribution is 2.30. The first-order valence-corrected chi connectivity index (χ1v) is 14.4. The van der Waals surface area contributed by atoms with Crippen molar-refractivity contribution >= 4 is 5.97 Å². The first kappa shape index (κ1) is 29.4. The van der Waals surface area contributed by atoms with Gasteiger partial charge in [-0.1, -0.05) is 92.8 Å². The van der Waals surface area contributed by atoms with E-state index in [9.17, 15) is 4.79 Å². The first-order valence-electron chi connectivity index (χ1n) is 14.4. The van der Waals surface area contributed by atoms with Gasteiger partial charge in [-0.05, 0) is 89.5 Å². The van der Waals surface area contributed by atoms with Gasteiger partial charge in [0.25, 0.3) is 0 Å². The van der Waals surface area contributed by atoms with E-state index in [-0.39, 0.29) is 0 Å². The number of carbonyl (C=O) groups is 1. The minimum absolute atomic E-state index is 0.318. The lowest BCUT2D eigenvalue weighted by atomic mass is 9.95. The Morgan fingerprint density at radius 2 is 1.39 bits per heavy atom. The molecule has 0 saturated carbocycles. The van der Waals surface area contributed by atoms with Crippen molar-refractivity contribution in [3.63, 3.8) is 0 Å². The van der Waals surface area contributed by atoms with Gasteiger partial charge in [0, 0.05) is 23.6 Å². The number of hydrogen-bond donors (Lipinski definition) is 0. The monoisotopic (exact) mass is 542 g/mol. The maximum absolute atomic E-state index is 11.1. The summed E-state index contributed by atoms with van der Waals surface area (Å²) in [6, 6.07) is 31.8. The second-order valence-electron chi connectivity index (χ2n) is 10.1. The quantitative estimate of drug-likeness (QED) is 0.0776. The summed E-state index contributed by atoms with van der Waals surface area (Å²) in [5.74, 6) is 6.98. The van der Waals surface area contributed by atoms with E-state index in [2.05, 4.69) is 111 Å². The van der Waals surface area contributed by atoms with Crippen molar-refractivity contribution < 1.29 is 14.3 Å². The van der Waals surface area contributed by atoms with Crippen LogP contribution in [0.3, 0.4) is 0 Å². The van der Waals surface area contributed by atoms with E-state index < -0.39 is 5.97 Å². The molecule has 0 saturated heterocycles. The predicted octanol–water partition coefficient (Wildman–Crippen LogP) is 8.96. The van der Waals surface area contributed by atoms with Crippen LogP contribution in [-0.4, -0.2) is 19.2 Å². The number of benzene rings is 4. The van der Waals surface area contributed by atoms with E-state index in [1.807, 2.05) is 12.1 Å². The van der Waals surface area contributed by atoms with E-state index in [1.165, 1.54) is 47.1 Å². The second kappa shape index (κ2) is 15.3. The number of esters is 1. The predicted molar refractivity (Wildman–Crippen MR) is 169 cm³/mol. The van der Waals surface area contributed by atoms with Gasteiger partial charge in [0.15, 0.2) is 0 Å². The summed E-state index contributed by atoms with van der Waals surface area (Å²) in [7, 11) is 0. The maximum atomic E-state index is 11.1. The Morgan fingerprint density at radius 1 is 0.756 bits per heavy atom. The molecule has 4 aromatic rings. The fraction of sp³-hybridized carbons (Fsp3) is 0.237. The molecule has 0 N–H and O–H groups in total. The van der Waals surface area contributed by atoms with Gasteiger partial charge >= 0.3 is 5.97 Å². The van der Waals surface area contributed by atoms with Crippen molar-refractivity contribution in [1.82, 2.24) is 0 Å². The number of aryl methyl sites for hydroxylation is 2. The van der Waals surface area contributed by atoms with Crippen LogP contribution in [0.4, 0.5) is 0 Å². The molecule has 0 aromatic heterocycles. The molecule has 0 unspecified atom stereocenters. The van der Waals surface area contributed by atoms with Crippen molar-refractivity contribution in [1.29, 1.82) is 0 Å². The Labute approximate surface area is 244 Å². The Hall–Kier alpha value is -4.55. The van der Waals surface area contributed by atoms with Crippen LogP contribution in [0.15, 0.2) is 104 Å². The van der Waals surface area contributed by atoms with Gasteiger partial charge in [0.05, 0.1) is 13.2 Å². The molecule has 4 aromatic carbocycles. The lowest BCUT2D eigenvalue weighted by Crippen LogP contribution is -2.06. The molecule has 0 aliphatic heterocycles. The molecule has 0 radical (unpaired) electrons. The van der Waals surface area contributed by atoms with Gasteiger partial charge in [-0.2, -0.15) is 0 Å². The summed E-state index contributed by atoms with van der Waals surface area (Å²) < 4.78 is 10.7. The zero-order valence-electron chi connectivity index (χ0n) is 24.1.